The van der Waals surface area contributed by atoms with Crippen molar-refractivity contribution >= 4 is 15.7 Å². The number of benzene rings is 2. The van der Waals surface area contributed by atoms with Crippen LogP contribution >= 0.6 is 0 Å². The molecule has 0 aliphatic carbocycles. The number of hydrogen-bond acceptors (Lipinski definition) is 5. The second-order valence-electron chi connectivity index (χ2n) is 6.13. The van der Waals surface area contributed by atoms with Crippen molar-refractivity contribution < 1.29 is 13.2 Å². The van der Waals surface area contributed by atoms with Crippen molar-refractivity contribution in [2.45, 2.75) is 19.0 Å². The van der Waals surface area contributed by atoms with Crippen molar-refractivity contribution in [3.8, 4) is 11.8 Å². The molecule has 130 valence electrons. The van der Waals surface area contributed by atoms with Gasteiger partial charge in [-0.2, -0.15) is 9.57 Å². The topological polar surface area (TPSA) is 96.4 Å². The lowest BCUT2D eigenvalue weighted by atomic mass is 9.99. The van der Waals surface area contributed by atoms with E-state index in [1.807, 2.05) is 30.3 Å². The lowest BCUT2D eigenvalue weighted by molar-refractivity contribution is 0.180. The van der Waals surface area contributed by atoms with Crippen LogP contribution in [0.3, 0.4) is 0 Å². The maximum absolute atomic E-state index is 12.3. The molecule has 3 rings (SSSR count). The van der Waals surface area contributed by atoms with Crippen molar-refractivity contribution in [2.24, 2.45) is 0 Å². The molecular formula is C18H19N3O3S. The number of rotatable bonds is 4. The highest BCUT2D eigenvalue weighted by atomic mass is 32.2. The Hall–Kier alpha value is -2.56. The van der Waals surface area contributed by atoms with Crippen LogP contribution in [0.25, 0.3) is 0 Å². The van der Waals surface area contributed by atoms with E-state index >= 15 is 0 Å². The summed E-state index contributed by atoms with van der Waals surface area (Å²) in [5, 5.41) is 9.11. The Morgan fingerprint density at radius 1 is 1.32 bits per heavy atom. The highest BCUT2D eigenvalue weighted by Gasteiger charge is 2.32. The Morgan fingerprint density at radius 2 is 2.04 bits per heavy atom. The highest BCUT2D eigenvalue weighted by molar-refractivity contribution is 7.88. The number of nitriles is 1. The van der Waals surface area contributed by atoms with Gasteiger partial charge in [0.2, 0.25) is 10.0 Å². The fraction of sp³-hybridized carbons (Fsp3) is 0.278. The molecule has 0 radical (unpaired) electrons. The molecule has 0 bridgehead atoms. The second-order valence-corrected chi connectivity index (χ2v) is 8.06. The Kier molecular flexibility index (Phi) is 4.66. The molecule has 0 fully saturated rings. The lowest BCUT2D eigenvalue weighted by Gasteiger charge is -2.34. The molecule has 25 heavy (non-hydrogen) atoms. The van der Waals surface area contributed by atoms with Gasteiger partial charge in [0.05, 0.1) is 29.6 Å². The first kappa shape index (κ1) is 17.3. The molecule has 2 N–H and O–H groups in total. The summed E-state index contributed by atoms with van der Waals surface area (Å²) in [5.41, 5.74) is 8.45. The van der Waals surface area contributed by atoms with Crippen LogP contribution in [-0.4, -0.2) is 31.6 Å². The van der Waals surface area contributed by atoms with E-state index in [-0.39, 0.29) is 19.2 Å². The molecule has 1 aliphatic heterocycles. The van der Waals surface area contributed by atoms with E-state index in [9.17, 15) is 8.42 Å². The third kappa shape index (κ3) is 3.76. The summed E-state index contributed by atoms with van der Waals surface area (Å²) in [4.78, 5) is 0. The quantitative estimate of drug-likeness (QED) is 0.843. The van der Waals surface area contributed by atoms with Crippen molar-refractivity contribution in [2.75, 3.05) is 18.6 Å². The monoisotopic (exact) mass is 357 g/mol. The summed E-state index contributed by atoms with van der Waals surface area (Å²) in [6, 6.07) is 14.4. The molecular weight excluding hydrogens is 338 g/mol. The molecule has 1 atom stereocenters. The number of nitrogens with zero attached hydrogens (tertiary/aromatic N) is 2. The van der Waals surface area contributed by atoms with Gasteiger partial charge >= 0.3 is 0 Å². The third-order valence-corrected chi connectivity index (χ3v) is 5.49. The van der Waals surface area contributed by atoms with Crippen LogP contribution in [0.1, 0.15) is 16.7 Å². The van der Waals surface area contributed by atoms with Crippen LogP contribution in [-0.2, 0) is 23.0 Å². The van der Waals surface area contributed by atoms with Gasteiger partial charge < -0.3 is 10.5 Å². The van der Waals surface area contributed by atoms with Gasteiger partial charge in [-0.25, -0.2) is 8.42 Å². The van der Waals surface area contributed by atoms with E-state index in [1.165, 1.54) is 10.6 Å². The smallest absolute Gasteiger partial charge is 0.211 e. The van der Waals surface area contributed by atoms with E-state index in [0.717, 1.165) is 11.1 Å². The number of nitrogen functional groups attached to an aromatic ring is 1. The van der Waals surface area contributed by atoms with Crippen LogP contribution in [0.15, 0.2) is 42.5 Å². The SMILES string of the molecule is CS(=O)(=O)N(Cc1ccccc1)C1COc2c(N)cc(C#N)cc2C1. The second kappa shape index (κ2) is 6.75. The summed E-state index contributed by atoms with van der Waals surface area (Å²) in [6.07, 6.45) is 1.65. The van der Waals surface area contributed by atoms with Crippen molar-refractivity contribution in [3.63, 3.8) is 0 Å². The van der Waals surface area contributed by atoms with Crippen molar-refractivity contribution in [1.82, 2.24) is 4.31 Å². The Labute approximate surface area is 147 Å². The minimum absolute atomic E-state index is 0.225. The number of fused-ring (bicyclic) bond motifs is 1. The number of hydrogen-bond donors (Lipinski definition) is 1. The minimum Gasteiger partial charge on any atom is -0.489 e. The molecule has 0 saturated heterocycles. The van der Waals surface area contributed by atoms with Crippen LogP contribution < -0.4 is 10.5 Å². The maximum atomic E-state index is 12.3. The molecule has 0 amide bonds. The molecule has 6 nitrogen and oxygen atoms in total. The van der Waals surface area contributed by atoms with Crippen LogP contribution in [0.4, 0.5) is 5.69 Å². The van der Waals surface area contributed by atoms with Crippen molar-refractivity contribution in [3.05, 3.63) is 59.2 Å². The normalized spacial score (nSPS) is 16.8. The average molecular weight is 357 g/mol. The molecule has 2 aromatic rings. The predicted molar refractivity (Wildman–Crippen MR) is 95.4 cm³/mol. The van der Waals surface area contributed by atoms with E-state index in [1.54, 1.807) is 12.1 Å². The predicted octanol–water partition coefficient (Wildman–Crippen LogP) is 1.91. The summed E-state index contributed by atoms with van der Waals surface area (Å²) >= 11 is 0. The van der Waals surface area contributed by atoms with Gasteiger partial charge in [0.15, 0.2) is 0 Å². The first-order valence-corrected chi connectivity index (χ1v) is 9.69. The highest BCUT2D eigenvalue weighted by Crippen LogP contribution is 2.34. The van der Waals surface area contributed by atoms with Crippen LogP contribution in [0.2, 0.25) is 0 Å². The number of anilines is 1. The fourth-order valence-electron chi connectivity index (χ4n) is 3.06. The van der Waals surface area contributed by atoms with E-state index < -0.39 is 10.0 Å². The molecule has 1 heterocycles. The molecule has 2 aromatic carbocycles. The van der Waals surface area contributed by atoms with Crippen molar-refractivity contribution in [1.29, 1.82) is 5.26 Å². The van der Waals surface area contributed by atoms with Gasteiger partial charge in [-0.3, -0.25) is 0 Å². The first-order chi connectivity index (χ1) is 11.9. The zero-order valence-electron chi connectivity index (χ0n) is 13.8. The third-order valence-electron chi connectivity index (χ3n) is 4.21. The van der Waals surface area contributed by atoms with Gasteiger partial charge in [0.1, 0.15) is 12.4 Å². The van der Waals surface area contributed by atoms with Gasteiger partial charge in [-0.1, -0.05) is 30.3 Å². The minimum atomic E-state index is -3.43. The summed E-state index contributed by atoms with van der Waals surface area (Å²) in [7, 11) is -3.43. The largest absolute Gasteiger partial charge is 0.489 e. The number of sulfonamides is 1. The Morgan fingerprint density at radius 3 is 2.68 bits per heavy atom. The zero-order chi connectivity index (χ0) is 18.0. The first-order valence-electron chi connectivity index (χ1n) is 7.84. The molecule has 0 saturated carbocycles. The fourth-order valence-corrected chi connectivity index (χ4v) is 4.12. The van der Waals surface area contributed by atoms with E-state index in [2.05, 4.69) is 6.07 Å². The standard InChI is InChI=1S/C18H19N3O3S/c1-25(22,23)21(11-13-5-3-2-4-6-13)16-9-15-7-14(10-19)8-17(20)18(15)24-12-16/h2-8,16H,9,11-12,20H2,1H3. The number of nitrogens with two attached hydrogens (primary N) is 1. The maximum Gasteiger partial charge on any atom is 0.211 e. The van der Waals surface area contributed by atoms with Gasteiger partial charge in [0, 0.05) is 6.54 Å². The summed E-state index contributed by atoms with van der Waals surface area (Å²) in [6.45, 7) is 0.499. The average Bonchev–Trinajstić information content (AvgIpc) is 2.59. The van der Waals surface area contributed by atoms with Crippen LogP contribution in [0.5, 0.6) is 5.75 Å². The lowest BCUT2D eigenvalue weighted by Crippen LogP contribution is -2.45. The van der Waals surface area contributed by atoms with Gasteiger partial charge in [-0.05, 0) is 29.7 Å². The van der Waals surface area contributed by atoms with Gasteiger partial charge in [0.25, 0.3) is 0 Å². The summed E-state index contributed by atoms with van der Waals surface area (Å²) in [5.74, 6) is 0.545. The molecule has 0 spiro atoms. The Bertz CT molecular complexity index is 921. The van der Waals surface area contributed by atoms with E-state index in [0.29, 0.717) is 23.4 Å². The molecule has 0 aromatic heterocycles. The zero-order valence-corrected chi connectivity index (χ0v) is 14.7. The van der Waals surface area contributed by atoms with E-state index in [4.69, 9.17) is 15.7 Å². The van der Waals surface area contributed by atoms with Crippen LogP contribution in [0, 0.1) is 11.3 Å². The Balaban J connectivity index is 1.91. The number of ether oxygens (including phenoxy) is 1. The molecule has 1 aliphatic rings. The molecule has 1 unspecified atom stereocenters. The van der Waals surface area contributed by atoms with Gasteiger partial charge in [-0.15, -0.1) is 0 Å². The summed E-state index contributed by atoms with van der Waals surface area (Å²) < 4.78 is 31.8. The molecule has 7 heteroatoms.